The van der Waals surface area contributed by atoms with Crippen LogP contribution < -0.4 is 5.32 Å². The molecule has 0 saturated heterocycles. The average Bonchev–Trinajstić information content (AvgIpc) is 2.83. The van der Waals surface area contributed by atoms with Gasteiger partial charge in [0.1, 0.15) is 0 Å². The van der Waals surface area contributed by atoms with Crippen molar-refractivity contribution < 1.29 is 14.7 Å². The monoisotopic (exact) mass is 363 g/mol. The van der Waals surface area contributed by atoms with E-state index in [0.29, 0.717) is 19.9 Å². The van der Waals surface area contributed by atoms with Crippen LogP contribution in [0.1, 0.15) is 10.4 Å². The molecule has 0 unspecified atom stereocenters. The van der Waals surface area contributed by atoms with Gasteiger partial charge in [-0.15, -0.1) is 10.2 Å². The molecule has 21 heavy (non-hydrogen) atoms. The molecule has 2 rings (SSSR count). The summed E-state index contributed by atoms with van der Waals surface area (Å²) in [5.74, 6) is -1.49. The van der Waals surface area contributed by atoms with Crippen molar-refractivity contribution in [2.75, 3.05) is 11.1 Å². The third kappa shape index (κ3) is 4.85. The number of aliphatic carboxylic acids is 1. The zero-order valence-electron chi connectivity index (χ0n) is 10.2. The van der Waals surface area contributed by atoms with E-state index >= 15 is 0 Å². The van der Waals surface area contributed by atoms with Crippen LogP contribution in [0, 0.1) is 0 Å². The molecule has 10 heteroatoms. The number of anilines is 1. The van der Waals surface area contributed by atoms with Gasteiger partial charge in [-0.05, 0) is 18.2 Å². The summed E-state index contributed by atoms with van der Waals surface area (Å²) in [4.78, 5) is 22.5. The van der Waals surface area contributed by atoms with E-state index in [-0.39, 0.29) is 10.9 Å². The third-order valence-corrected chi connectivity index (χ3v) is 4.46. The van der Waals surface area contributed by atoms with E-state index < -0.39 is 11.9 Å². The van der Waals surface area contributed by atoms with Crippen LogP contribution in [-0.4, -0.2) is 32.9 Å². The molecular weight excluding hydrogens is 357 g/mol. The summed E-state index contributed by atoms with van der Waals surface area (Å²) < 4.78 is 0.455. The largest absolute Gasteiger partial charge is 0.481 e. The molecule has 0 bridgehead atoms. The highest BCUT2D eigenvalue weighted by Crippen LogP contribution is 2.26. The molecule has 2 N–H and O–H groups in total. The van der Waals surface area contributed by atoms with Crippen LogP contribution in [0.25, 0.3) is 0 Å². The molecule has 1 aromatic carbocycles. The Bertz CT molecular complexity index is 673. The summed E-state index contributed by atoms with van der Waals surface area (Å²) >= 11 is 13.8. The van der Waals surface area contributed by atoms with Crippen molar-refractivity contribution in [2.24, 2.45) is 0 Å². The Kier molecular flexibility index (Phi) is 5.40. The predicted molar refractivity (Wildman–Crippen MR) is 82.7 cm³/mol. The summed E-state index contributed by atoms with van der Waals surface area (Å²) in [7, 11) is 0. The highest BCUT2D eigenvalue weighted by molar-refractivity contribution is 8.01. The number of hydrogen-bond acceptors (Lipinski definition) is 6. The number of carboxylic acid groups (broad SMARTS) is 1. The van der Waals surface area contributed by atoms with Crippen LogP contribution >= 0.6 is 46.3 Å². The maximum absolute atomic E-state index is 12.0. The number of carbonyl (C=O) groups is 2. The minimum absolute atomic E-state index is 0.119. The second kappa shape index (κ2) is 7.08. The van der Waals surface area contributed by atoms with E-state index in [2.05, 4.69) is 15.5 Å². The molecule has 0 fully saturated rings. The van der Waals surface area contributed by atoms with Crippen molar-refractivity contribution in [1.29, 1.82) is 0 Å². The molecule has 0 aliphatic rings. The van der Waals surface area contributed by atoms with Crippen molar-refractivity contribution >= 4 is 63.3 Å². The van der Waals surface area contributed by atoms with Crippen LogP contribution in [0.15, 0.2) is 22.5 Å². The normalized spacial score (nSPS) is 10.4. The van der Waals surface area contributed by atoms with Gasteiger partial charge < -0.3 is 5.11 Å². The smallest absolute Gasteiger partial charge is 0.313 e. The first-order valence-electron chi connectivity index (χ1n) is 5.39. The first-order chi connectivity index (χ1) is 9.94. The zero-order valence-corrected chi connectivity index (χ0v) is 13.3. The van der Waals surface area contributed by atoms with E-state index in [1.807, 2.05) is 0 Å². The zero-order chi connectivity index (χ0) is 15.4. The van der Waals surface area contributed by atoms with Crippen LogP contribution in [0.5, 0.6) is 0 Å². The minimum Gasteiger partial charge on any atom is -0.481 e. The molecule has 0 aliphatic carbocycles. The van der Waals surface area contributed by atoms with E-state index in [4.69, 9.17) is 28.3 Å². The molecule has 1 heterocycles. The van der Waals surface area contributed by atoms with Crippen LogP contribution in [-0.2, 0) is 4.79 Å². The Labute approximate surface area is 137 Å². The number of halogens is 2. The topological polar surface area (TPSA) is 92.2 Å². The van der Waals surface area contributed by atoms with E-state index in [0.717, 1.165) is 23.1 Å². The first kappa shape index (κ1) is 16.0. The molecule has 1 aromatic heterocycles. The van der Waals surface area contributed by atoms with Gasteiger partial charge in [0.25, 0.3) is 5.91 Å². The lowest BCUT2D eigenvalue weighted by molar-refractivity contribution is -0.133. The van der Waals surface area contributed by atoms with Crippen LogP contribution in [0.2, 0.25) is 10.0 Å². The Morgan fingerprint density at radius 2 is 1.90 bits per heavy atom. The second-order valence-electron chi connectivity index (χ2n) is 3.67. The summed E-state index contributed by atoms with van der Waals surface area (Å²) in [5.41, 5.74) is 0.294. The van der Waals surface area contributed by atoms with Gasteiger partial charge in [0.15, 0.2) is 4.34 Å². The van der Waals surface area contributed by atoms with Crippen LogP contribution in [0.3, 0.4) is 0 Å². The van der Waals surface area contributed by atoms with Gasteiger partial charge in [-0.25, -0.2) is 0 Å². The molecule has 1 amide bonds. The van der Waals surface area contributed by atoms with E-state index in [9.17, 15) is 9.59 Å². The standard InChI is InChI=1S/C11H7Cl2N3O3S2/c12-6-1-5(2-7(13)3-6)9(19)14-10-15-16-11(21-10)20-4-8(17)18/h1-3H,4H2,(H,17,18)(H,14,15,19). The highest BCUT2D eigenvalue weighted by atomic mass is 35.5. The van der Waals surface area contributed by atoms with Crippen molar-refractivity contribution in [3.63, 3.8) is 0 Å². The van der Waals surface area contributed by atoms with E-state index in [1.165, 1.54) is 18.2 Å². The molecule has 0 atom stereocenters. The molecule has 6 nitrogen and oxygen atoms in total. The summed E-state index contributed by atoms with van der Waals surface area (Å²) in [6, 6.07) is 4.47. The lowest BCUT2D eigenvalue weighted by Gasteiger charge is -2.02. The summed E-state index contributed by atoms with van der Waals surface area (Å²) in [6.07, 6.45) is 0. The van der Waals surface area contributed by atoms with Crippen molar-refractivity contribution in [1.82, 2.24) is 10.2 Å². The fourth-order valence-electron chi connectivity index (χ4n) is 1.30. The molecule has 0 radical (unpaired) electrons. The lowest BCUT2D eigenvalue weighted by Crippen LogP contribution is -2.11. The number of nitrogens with one attached hydrogen (secondary N) is 1. The highest BCUT2D eigenvalue weighted by Gasteiger charge is 2.12. The minimum atomic E-state index is -0.950. The number of amides is 1. The number of benzene rings is 1. The number of rotatable bonds is 5. The fourth-order valence-corrected chi connectivity index (χ4v) is 3.29. The van der Waals surface area contributed by atoms with Crippen molar-refractivity contribution in [3.8, 4) is 0 Å². The number of thioether (sulfide) groups is 1. The van der Waals surface area contributed by atoms with E-state index in [1.54, 1.807) is 0 Å². The maximum Gasteiger partial charge on any atom is 0.313 e. The summed E-state index contributed by atoms with van der Waals surface area (Å²) in [5, 5.41) is 19.6. The van der Waals surface area contributed by atoms with Crippen LogP contribution in [0.4, 0.5) is 5.13 Å². The Hall–Kier alpha value is -1.35. The molecular formula is C11H7Cl2N3O3S2. The van der Waals surface area contributed by atoms with Gasteiger partial charge in [0, 0.05) is 15.6 Å². The number of carbonyl (C=O) groups excluding carboxylic acids is 1. The quantitative estimate of drug-likeness (QED) is 0.625. The fraction of sp³-hybridized carbons (Fsp3) is 0.0909. The van der Waals surface area contributed by atoms with Gasteiger partial charge in [-0.3, -0.25) is 14.9 Å². The maximum atomic E-state index is 12.0. The molecule has 0 spiro atoms. The van der Waals surface area contributed by atoms with Crippen molar-refractivity contribution in [2.45, 2.75) is 4.34 Å². The SMILES string of the molecule is O=C(O)CSc1nnc(NC(=O)c2cc(Cl)cc(Cl)c2)s1. The van der Waals surface area contributed by atoms with Crippen molar-refractivity contribution in [3.05, 3.63) is 33.8 Å². The van der Waals surface area contributed by atoms with Gasteiger partial charge >= 0.3 is 5.97 Å². The number of nitrogens with zero attached hydrogens (tertiary/aromatic N) is 2. The Morgan fingerprint density at radius 1 is 1.24 bits per heavy atom. The lowest BCUT2D eigenvalue weighted by atomic mass is 10.2. The number of aromatic nitrogens is 2. The number of carboxylic acids is 1. The second-order valence-corrected chi connectivity index (χ2v) is 6.74. The Morgan fingerprint density at radius 3 is 2.52 bits per heavy atom. The molecule has 0 aliphatic heterocycles. The molecule has 110 valence electrons. The summed E-state index contributed by atoms with van der Waals surface area (Å²) in [6.45, 7) is 0. The van der Waals surface area contributed by atoms with Gasteiger partial charge in [-0.2, -0.15) is 0 Å². The number of hydrogen-bond donors (Lipinski definition) is 2. The van der Waals surface area contributed by atoms with Gasteiger partial charge in [-0.1, -0.05) is 46.3 Å². The average molecular weight is 364 g/mol. The Balaban J connectivity index is 2.04. The third-order valence-electron chi connectivity index (χ3n) is 2.07. The first-order valence-corrected chi connectivity index (χ1v) is 7.95. The molecule has 2 aromatic rings. The van der Waals surface area contributed by atoms with Gasteiger partial charge in [0.05, 0.1) is 5.75 Å². The predicted octanol–water partition coefficient (Wildman–Crippen LogP) is 3.27. The molecule has 0 saturated carbocycles. The van der Waals surface area contributed by atoms with Gasteiger partial charge in [0.2, 0.25) is 5.13 Å².